The maximum atomic E-state index is 11.5. The summed E-state index contributed by atoms with van der Waals surface area (Å²) in [6.07, 6.45) is 0.303. The molecule has 0 fully saturated rings. The number of carbonyl (C=O) groups excluding carboxylic acids is 1. The summed E-state index contributed by atoms with van der Waals surface area (Å²) < 4.78 is 0. The van der Waals surface area contributed by atoms with Gasteiger partial charge in [0.2, 0.25) is 5.91 Å². The van der Waals surface area contributed by atoms with E-state index in [0.29, 0.717) is 6.54 Å². The summed E-state index contributed by atoms with van der Waals surface area (Å²) in [5, 5.41) is 8.55. The van der Waals surface area contributed by atoms with E-state index < -0.39 is 12.4 Å². The van der Waals surface area contributed by atoms with Gasteiger partial charge in [0, 0.05) is 13.6 Å². The summed E-state index contributed by atoms with van der Waals surface area (Å²) in [4.78, 5) is 23.4. The molecular formula is C14H19NO3. The van der Waals surface area contributed by atoms with E-state index >= 15 is 0 Å². The first-order valence-corrected chi connectivity index (χ1v) is 5.92. The zero-order chi connectivity index (χ0) is 13.7. The van der Waals surface area contributed by atoms with Crippen molar-refractivity contribution in [3.05, 3.63) is 34.9 Å². The summed E-state index contributed by atoms with van der Waals surface area (Å²) in [5.41, 5.74) is 3.61. The Kier molecular flexibility index (Phi) is 4.89. The van der Waals surface area contributed by atoms with E-state index in [4.69, 9.17) is 5.11 Å². The number of amides is 1. The van der Waals surface area contributed by atoms with E-state index in [2.05, 4.69) is 12.1 Å². The SMILES string of the molecule is Cc1ccc(CCN(C)C(=O)CC(=O)O)c(C)c1. The van der Waals surface area contributed by atoms with E-state index in [-0.39, 0.29) is 5.91 Å². The van der Waals surface area contributed by atoms with Crippen LogP contribution in [0.15, 0.2) is 18.2 Å². The fourth-order valence-electron chi connectivity index (χ4n) is 1.80. The second-order valence-corrected chi connectivity index (χ2v) is 4.57. The van der Waals surface area contributed by atoms with Crippen LogP contribution in [-0.2, 0) is 16.0 Å². The lowest BCUT2D eigenvalue weighted by atomic mass is 10.0. The lowest BCUT2D eigenvalue weighted by Crippen LogP contribution is -2.30. The van der Waals surface area contributed by atoms with Gasteiger partial charge < -0.3 is 10.0 Å². The smallest absolute Gasteiger partial charge is 0.312 e. The Balaban J connectivity index is 2.54. The van der Waals surface area contributed by atoms with Gasteiger partial charge >= 0.3 is 5.97 Å². The van der Waals surface area contributed by atoms with Crippen molar-refractivity contribution in [1.29, 1.82) is 0 Å². The van der Waals surface area contributed by atoms with Crippen molar-refractivity contribution in [3.63, 3.8) is 0 Å². The van der Waals surface area contributed by atoms with Crippen molar-refractivity contribution in [3.8, 4) is 0 Å². The zero-order valence-corrected chi connectivity index (χ0v) is 11.1. The average molecular weight is 249 g/mol. The molecule has 0 bridgehead atoms. The zero-order valence-electron chi connectivity index (χ0n) is 11.1. The number of likely N-dealkylation sites (N-methyl/N-ethyl adjacent to an activating group) is 1. The van der Waals surface area contributed by atoms with Crippen LogP contribution in [0.3, 0.4) is 0 Å². The standard InChI is InChI=1S/C14H19NO3/c1-10-4-5-12(11(2)8-10)6-7-15(3)13(16)9-14(17)18/h4-5,8H,6-7,9H2,1-3H3,(H,17,18). The van der Waals surface area contributed by atoms with Gasteiger partial charge in [0.1, 0.15) is 6.42 Å². The summed E-state index contributed by atoms with van der Waals surface area (Å²) in [5.74, 6) is -1.44. The third-order valence-electron chi connectivity index (χ3n) is 2.94. The molecule has 0 aliphatic carbocycles. The molecule has 98 valence electrons. The van der Waals surface area contributed by atoms with E-state index in [1.54, 1.807) is 7.05 Å². The molecular weight excluding hydrogens is 230 g/mol. The Morgan fingerprint density at radius 2 is 1.94 bits per heavy atom. The van der Waals surface area contributed by atoms with E-state index in [1.807, 2.05) is 19.9 Å². The molecule has 0 spiro atoms. The number of carboxylic acid groups (broad SMARTS) is 1. The van der Waals surface area contributed by atoms with Crippen LogP contribution < -0.4 is 0 Å². The van der Waals surface area contributed by atoms with Gasteiger partial charge in [-0.1, -0.05) is 23.8 Å². The fourth-order valence-corrected chi connectivity index (χ4v) is 1.80. The average Bonchev–Trinajstić information content (AvgIpc) is 2.26. The predicted molar refractivity (Wildman–Crippen MR) is 69.5 cm³/mol. The molecule has 1 amide bonds. The number of carbonyl (C=O) groups is 2. The molecule has 4 nitrogen and oxygen atoms in total. The summed E-state index contributed by atoms with van der Waals surface area (Å²) in [6.45, 7) is 4.62. The van der Waals surface area contributed by atoms with Crippen LogP contribution >= 0.6 is 0 Å². The number of hydrogen-bond acceptors (Lipinski definition) is 2. The van der Waals surface area contributed by atoms with Crippen LogP contribution in [0, 0.1) is 13.8 Å². The number of nitrogens with zero attached hydrogens (tertiary/aromatic N) is 1. The Morgan fingerprint density at radius 1 is 1.28 bits per heavy atom. The van der Waals surface area contributed by atoms with Crippen molar-refractivity contribution in [2.24, 2.45) is 0 Å². The monoisotopic (exact) mass is 249 g/mol. The molecule has 0 heterocycles. The molecule has 0 aliphatic heterocycles. The molecule has 0 unspecified atom stereocenters. The number of aryl methyl sites for hydroxylation is 2. The molecule has 0 aliphatic rings. The molecule has 1 aromatic carbocycles. The molecule has 1 rings (SSSR count). The van der Waals surface area contributed by atoms with Gasteiger partial charge in [0.05, 0.1) is 0 Å². The highest BCUT2D eigenvalue weighted by molar-refractivity contribution is 5.93. The topological polar surface area (TPSA) is 57.6 Å². The van der Waals surface area contributed by atoms with Crippen LogP contribution in [-0.4, -0.2) is 35.5 Å². The predicted octanol–water partition coefficient (Wildman–Crippen LogP) is 1.78. The van der Waals surface area contributed by atoms with Gasteiger partial charge in [-0.05, 0) is 31.4 Å². The van der Waals surface area contributed by atoms with Crippen LogP contribution in [0.1, 0.15) is 23.1 Å². The lowest BCUT2D eigenvalue weighted by molar-refractivity contribution is -0.143. The van der Waals surface area contributed by atoms with Gasteiger partial charge in [0.15, 0.2) is 0 Å². The summed E-state index contributed by atoms with van der Waals surface area (Å²) >= 11 is 0. The van der Waals surface area contributed by atoms with Crippen molar-refractivity contribution >= 4 is 11.9 Å². The Labute approximate surface area is 107 Å². The van der Waals surface area contributed by atoms with Gasteiger partial charge in [-0.25, -0.2) is 0 Å². The van der Waals surface area contributed by atoms with Gasteiger partial charge in [-0.2, -0.15) is 0 Å². The first-order chi connectivity index (χ1) is 8.40. The van der Waals surface area contributed by atoms with Gasteiger partial charge in [0.25, 0.3) is 0 Å². The molecule has 18 heavy (non-hydrogen) atoms. The molecule has 1 aromatic rings. The second-order valence-electron chi connectivity index (χ2n) is 4.57. The van der Waals surface area contributed by atoms with Crippen LogP contribution in [0.4, 0.5) is 0 Å². The van der Waals surface area contributed by atoms with Crippen LogP contribution in [0.25, 0.3) is 0 Å². The molecule has 0 saturated carbocycles. The van der Waals surface area contributed by atoms with E-state index in [0.717, 1.165) is 6.42 Å². The normalized spacial score (nSPS) is 10.2. The van der Waals surface area contributed by atoms with Crippen molar-refractivity contribution in [1.82, 2.24) is 4.90 Å². The number of hydrogen-bond donors (Lipinski definition) is 1. The molecule has 1 N–H and O–H groups in total. The third-order valence-corrected chi connectivity index (χ3v) is 2.94. The Hall–Kier alpha value is -1.84. The summed E-state index contributed by atoms with van der Waals surface area (Å²) in [6, 6.07) is 6.20. The molecule has 0 saturated heterocycles. The molecule has 0 radical (unpaired) electrons. The van der Waals surface area contributed by atoms with Gasteiger partial charge in [-0.15, -0.1) is 0 Å². The molecule has 0 aromatic heterocycles. The quantitative estimate of drug-likeness (QED) is 0.809. The third kappa shape index (κ3) is 4.20. The fraction of sp³-hybridized carbons (Fsp3) is 0.429. The van der Waals surface area contributed by atoms with Crippen LogP contribution in [0.2, 0.25) is 0 Å². The van der Waals surface area contributed by atoms with Gasteiger partial charge in [-0.3, -0.25) is 9.59 Å². The number of rotatable bonds is 5. The highest BCUT2D eigenvalue weighted by Crippen LogP contribution is 2.11. The highest BCUT2D eigenvalue weighted by atomic mass is 16.4. The Bertz CT molecular complexity index is 454. The van der Waals surface area contributed by atoms with Crippen molar-refractivity contribution in [2.75, 3.05) is 13.6 Å². The van der Waals surface area contributed by atoms with E-state index in [1.165, 1.54) is 21.6 Å². The minimum Gasteiger partial charge on any atom is -0.481 e. The first-order valence-electron chi connectivity index (χ1n) is 5.92. The largest absolute Gasteiger partial charge is 0.481 e. The number of benzene rings is 1. The second kappa shape index (κ2) is 6.19. The van der Waals surface area contributed by atoms with Crippen molar-refractivity contribution in [2.45, 2.75) is 26.7 Å². The first kappa shape index (κ1) is 14.2. The lowest BCUT2D eigenvalue weighted by Gasteiger charge is -2.17. The van der Waals surface area contributed by atoms with E-state index in [9.17, 15) is 9.59 Å². The maximum absolute atomic E-state index is 11.5. The molecule has 0 atom stereocenters. The minimum atomic E-state index is -1.08. The maximum Gasteiger partial charge on any atom is 0.312 e. The molecule has 4 heteroatoms. The Morgan fingerprint density at radius 3 is 2.50 bits per heavy atom. The van der Waals surface area contributed by atoms with Crippen LogP contribution in [0.5, 0.6) is 0 Å². The minimum absolute atomic E-state index is 0.354. The number of aliphatic carboxylic acids is 1. The van der Waals surface area contributed by atoms with Crippen molar-refractivity contribution < 1.29 is 14.7 Å². The highest BCUT2D eigenvalue weighted by Gasteiger charge is 2.12. The summed E-state index contributed by atoms with van der Waals surface area (Å²) in [7, 11) is 1.63. The number of carboxylic acids is 1.